The van der Waals surface area contributed by atoms with Gasteiger partial charge in [-0.2, -0.15) is 0 Å². The van der Waals surface area contributed by atoms with Gasteiger partial charge in [0.25, 0.3) is 0 Å². The molecule has 2 rings (SSSR count). The number of halogens is 3. The zero-order chi connectivity index (χ0) is 15.6. The van der Waals surface area contributed by atoms with Gasteiger partial charge >= 0.3 is 1.43 Å². The Morgan fingerprint density at radius 2 is 1.24 bits per heavy atom. The summed E-state index contributed by atoms with van der Waals surface area (Å²) >= 11 is 6.61. The first-order valence-corrected chi connectivity index (χ1v) is 9.09. The van der Waals surface area contributed by atoms with E-state index in [0.29, 0.717) is 0 Å². The molecular formula is C14H25Br3N2O2. The first-order chi connectivity index (χ1) is 9.10. The number of alkyl halides is 2. The first kappa shape index (κ1) is 21.4. The SMILES string of the molecule is CC1(C)C=[N+]([O-])[C@@H](CBr)C1.CC1(C)C=[N+]([O-])[C@@H](CBr)C1.[Br-].[H+]. The Morgan fingerprint density at radius 3 is 1.33 bits per heavy atom. The molecule has 0 fully saturated rings. The van der Waals surface area contributed by atoms with Gasteiger partial charge in [-0.15, -0.1) is 0 Å². The summed E-state index contributed by atoms with van der Waals surface area (Å²) < 4.78 is 2.13. The van der Waals surface area contributed by atoms with Crippen LogP contribution in [0.5, 0.6) is 0 Å². The van der Waals surface area contributed by atoms with E-state index in [0.717, 1.165) is 33.0 Å². The van der Waals surface area contributed by atoms with Crippen molar-refractivity contribution in [2.75, 3.05) is 10.7 Å². The van der Waals surface area contributed by atoms with Gasteiger partial charge in [0.05, 0.1) is 10.7 Å². The average Bonchev–Trinajstić information content (AvgIpc) is 2.73. The van der Waals surface area contributed by atoms with Crippen molar-refractivity contribution in [2.24, 2.45) is 10.8 Å². The van der Waals surface area contributed by atoms with Crippen LogP contribution >= 0.6 is 31.9 Å². The highest BCUT2D eigenvalue weighted by atomic mass is 79.9. The second-order valence-corrected chi connectivity index (χ2v) is 8.27. The van der Waals surface area contributed by atoms with Crippen LogP contribution in [-0.2, 0) is 0 Å². The lowest BCUT2D eigenvalue weighted by Crippen LogP contribution is -3.00. The van der Waals surface area contributed by atoms with Gasteiger partial charge in [-0.25, -0.2) is 9.48 Å². The molecule has 0 saturated carbocycles. The molecular weight excluding hydrogens is 468 g/mol. The monoisotopic (exact) mass is 490 g/mol. The standard InChI is InChI=1S/2C7H12BrNO.BrH/c2*1-7(2)3-6(4-8)9(10)5-7;/h2*5-6H,3-4H2,1-2H3;1H/t2*6-;/m11./s1. The highest BCUT2D eigenvalue weighted by Gasteiger charge is 2.35. The van der Waals surface area contributed by atoms with Crippen LogP contribution in [0.3, 0.4) is 0 Å². The lowest BCUT2D eigenvalue weighted by molar-refractivity contribution is -0.481. The van der Waals surface area contributed by atoms with E-state index in [4.69, 9.17) is 0 Å². The zero-order valence-electron chi connectivity index (χ0n) is 14.0. The van der Waals surface area contributed by atoms with E-state index in [1.807, 2.05) is 0 Å². The molecule has 0 unspecified atom stereocenters. The van der Waals surface area contributed by atoms with Gasteiger partial charge in [-0.1, -0.05) is 59.6 Å². The van der Waals surface area contributed by atoms with Crippen LogP contribution in [0.25, 0.3) is 0 Å². The first-order valence-electron chi connectivity index (χ1n) is 6.85. The molecule has 124 valence electrons. The predicted molar refractivity (Wildman–Crippen MR) is 92.5 cm³/mol. The van der Waals surface area contributed by atoms with Crippen LogP contribution in [0.15, 0.2) is 0 Å². The van der Waals surface area contributed by atoms with Crippen LogP contribution in [0.4, 0.5) is 0 Å². The maximum atomic E-state index is 11.1. The summed E-state index contributed by atoms with van der Waals surface area (Å²) in [7, 11) is 0. The number of hydroxylamine groups is 2. The fourth-order valence-corrected chi connectivity index (χ4v) is 3.67. The molecule has 0 aromatic carbocycles. The lowest BCUT2D eigenvalue weighted by Gasteiger charge is -2.09. The van der Waals surface area contributed by atoms with E-state index in [1.54, 1.807) is 12.4 Å². The van der Waals surface area contributed by atoms with Crippen LogP contribution in [0.1, 0.15) is 42.0 Å². The van der Waals surface area contributed by atoms with Gasteiger partial charge in [0.2, 0.25) is 0 Å². The summed E-state index contributed by atoms with van der Waals surface area (Å²) in [4.78, 5) is 0. The second kappa shape index (κ2) is 8.29. The highest BCUT2D eigenvalue weighted by molar-refractivity contribution is 9.09. The van der Waals surface area contributed by atoms with Gasteiger partial charge in [-0.3, -0.25) is 0 Å². The smallest absolute Gasteiger partial charge is 1.00 e. The van der Waals surface area contributed by atoms with Gasteiger partial charge in [0, 0.05) is 23.7 Å². The molecule has 21 heavy (non-hydrogen) atoms. The van der Waals surface area contributed by atoms with Crippen LogP contribution in [0, 0.1) is 21.2 Å². The van der Waals surface area contributed by atoms with E-state index in [9.17, 15) is 10.4 Å². The van der Waals surface area contributed by atoms with Crippen molar-refractivity contribution in [1.29, 1.82) is 0 Å². The number of rotatable bonds is 2. The molecule has 0 aromatic heterocycles. The zero-order valence-corrected chi connectivity index (χ0v) is 17.7. The fraction of sp³-hybridized carbons (Fsp3) is 0.857. The van der Waals surface area contributed by atoms with E-state index in [1.165, 1.54) is 0 Å². The van der Waals surface area contributed by atoms with E-state index in [-0.39, 0.29) is 41.3 Å². The Hall–Kier alpha value is 0.380. The molecule has 0 bridgehead atoms. The Morgan fingerprint density at radius 1 is 0.952 bits per heavy atom. The molecule has 0 amide bonds. The van der Waals surface area contributed by atoms with Crippen molar-refractivity contribution >= 4 is 44.3 Å². The topological polar surface area (TPSA) is 52.1 Å². The fourth-order valence-electron chi connectivity index (χ4n) is 2.64. The van der Waals surface area contributed by atoms with E-state index < -0.39 is 0 Å². The van der Waals surface area contributed by atoms with Crippen LogP contribution in [-0.4, -0.2) is 44.7 Å². The molecule has 4 nitrogen and oxygen atoms in total. The summed E-state index contributed by atoms with van der Waals surface area (Å²) in [6.07, 6.45) is 5.45. The summed E-state index contributed by atoms with van der Waals surface area (Å²) in [5.41, 5.74) is 0.195. The summed E-state index contributed by atoms with van der Waals surface area (Å²) in [5.74, 6) is 0. The molecule has 2 aliphatic rings. The Balaban J connectivity index is 0. The van der Waals surface area contributed by atoms with Crippen molar-refractivity contribution in [3.05, 3.63) is 10.4 Å². The number of hydrogen-bond donors (Lipinski definition) is 0. The van der Waals surface area contributed by atoms with Crippen molar-refractivity contribution < 1.29 is 27.9 Å². The van der Waals surface area contributed by atoms with Crippen molar-refractivity contribution in [3.63, 3.8) is 0 Å². The third kappa shape index (κ3) is 6.57. The molecule has 0 aromatic rings. The van der Waals surface area contributed by atoms with Crippen LogP contribution in [0.2, 0.25) is 0 Å². The normalized spacial score (nSPS) is 28.9. The Kier molecular flexibility index (Phi) is 8.44. The minimum atomic E-state index is 0. The highest BCUT2D eigenvalue weighted by Crippen LogP contribution is 2.28. The third-order valence-corrected chi connectivity index (χ3v) is 5.05. The number of hydrogen-bond acceptors (Lipinski definition) is 2. The maximum absolute atomic E-state index is 11.1. The Labute approximate surface area is 156 Å². The largest absolute Gasteiger partial charge is 1.00 e. The number of nitrogens with zero attached hydrogens (tertiary/aromatic N) is 2. The molecule has 0 radical (unpaired) electrons. The van der Waals surface area contributed by atoms with Gasteiger partial charge < -0.3 is 27.4 Å². The molecule has 2 atom stereocenters. The van der Waals surface area contributed by atoms with Crippen molar-refractivity contribution in [3.8, 4) is 0 Å². The minimum Gasteiger partial charge on any atom is -1.00 e. The third-order valence-electron chi connectivity index (χ3n) is 3.55. The summed E-state index contributed by atoms with van der Waals surface area (Å²) in [5, 5.41) is 23.7. The van der Waals surface area contributed by atoms with Crippen molar-refractivity contribution in [2.45, 2.75) is 52.6 Å². The lowest BCUT2D eigenvalue weighted by atomic mass is 9.91. The summed E-state index contributed by atoms with van der Waals surface area (Å²) in [6, 6.07) is 0.296. The quantitative estimate of drug-likeness (QED) is 0.323. The molecule has 0 aliphatic carbocycles. The van der Waals surface area contributed by atoms with Gasteiger partial charge in [0.15, 0.2) is 24.5 Å². The van der Waals surface area contributed by atoms with Crippen molar-refractivity contribution in [1.82, 2.24) is 0 Å². The van der Waals surface area contributed by atoms with E-state index in [2.05, 4.69) is 59.6 Å². The maximum Gasteiger partial charge on any atom is 1.00 e. The van der Waals surface area contributed by atoms with Crippen LogP contribution < -0.4 is 17.0 Å². The molecule has 0 spiro atoms. The van der Waals surface area contributed by atoms with Gasteiger partial charge in [0.1, 0.15) is 0 Å². The van der Waals surface area contributed by atoms with E-state index >= 15 is 0 Å². The van der Waals surface area contributed by atoms with Gasteiger partial charge in [-0.05, 0) is 0 Å². The average molecular weight is 493 g/mol. The summed E-state index contributed by atoms with van der Waals surface area (Å²) in [6.45, 7) is 8.34. The predicted octanol–water partition coefficient (Wildman–Crippen LogP) is 0.638. The minimum absolute atomic E-state index is 0. The molecule has 7 heteroatoms. The molecule has 2 heterocycles. The second-order valence-electron chi connectivity index (χ2n) is 6.98. The Bertz CT molecular complexity index is 377. The molecule has 0 N–H and O–H groups in total. The molecule has 2 aliphatic heterocycles. The molecule has 0 saturated heterocycles.